The van der Waals surface area contributed by atoms with E-state index in [-0.39, 0.29) is 16.9 Å². The Morgan fingerprint density at radius 1 is 0.947 bits per heavy atom. The van der Waals surface area contributed by atoms with Crippen molar-refractivity contribution in [2.24, 2.45) is 0 Å². The third kappa shape index (κ3) is 3.36. The van der Waals surface area contributed by atoms with Gasteiger partial charge in [0.2, 0.25) is 5.88 Å². The zero-order valence-electron chi connectivity index (χ0n) is 9.13. The highest BCUT2D eigenvalue weighted by Gasteiger charge is 2.14. The first kappa shape index (κ1) is 14.9. The molecule has 19 heavy (non-hydrogen) atoms. The van der Waals surface area contributed by atoms with Crippen LogP contribution in [0.1, 0.15) is 5.56 Å². The van der Waals surface area contributed by atoms with Gasteiger partial charge >= 0.3 is 0 Å². The van der Waals surface area contributed by atoms with Gasteiger partial charge in [-0.3, -0.25) is 0 Å². The van der Waals surface area contributed by atoms with Gasteiger partial charge in [-0.25, -0.2) is 9.97 Å². The van der Waals surface area contributed by atoms with E-state index in [1.807, 2.05) is 0 Å². The van der Waals surface area contributed by atoms with Gasteiger partial charge in [0.1, 0.15) is 17.2 Å². The summed E-state index contributed by atoms with van der Waals surface area (Å²) in [6.07, 6.45) is 1.26. The Balaban J connectivity index is 2.42. The maximum absolute atomic E-state index is 6.01. The van der Waals surface area contributed by atoms with Crippen LogP contribution in [0.4, 0.5) is 0 Å². The molecular weight excluding hydrogens is 353 g/mol. The predicted molar refractivity (Wildman–Crippen MR) is 78.1 cm³/mol. The fourth-order valence-electron chi connectivity index (χ4n) is 1.26. The largest absolute Gasteiger partial charge is 0.437 e. The molecule has 100 valence electrons. The van der Waals surface area contributed by atoms with Crippen LogP contribution in [0, 0.1) is 0 Å². The first-order chi connectivity index (χ1) is 9.02. The number of hydrogen-bond donors (Lipinski definition) is 0. The van der Waals surface area contributed by atoms with Crippen molar-refractivity contribution in [1.29, 1.82) is 0 Å². The Morgan fingerprint density at radius 3 is 2.32 bits per heavy atom. The Hall–Kier alpha value is -0.450. The average molecular weight is 358 g/mol. The van der Waals surface area contributed by atoms with Gasteiger partial charge in [-0.2, -0.15) is 0 Å². The minimum Gasteiger partial charge on any atom is -0.437 e. The fraction of sp³-hybridized carbons (Fsp3) is 0.0909. The van der Waals surface area contributed by atoms with Gasteiger partial charge in [-0.1, -0.05) is 46.4 Å². The first-order valence-electron chi connectivity index (χ1n) is 4.90. The summed E-state index contributed by atoms with van der Waals surface area (Å²) in [5.74, 6) is 0.626. The Labute approximate surface area is 134 Å². The van der Waals surface area contributed by atoms with E-state index >= 15 is 0 Å². The molecule has 3 nitrogen and oxygen atoms in total. The summed E-state index contributed by atoms with van der Waals surface area (Å²) in [5, 5.41) is 1.16. The molecule has 0 saturated carbocycles. The molecule has 0 saturated heterocycles. The fourth-order valence-corrected chi connectivity index (χ4v) is 2.34. The Bertz CT molecular complexity index is 620. The van der Waals surface area contributed by atoms with Crippen LogP contribution in [-0.4, -0.2) is 9.97 Å². The maximum Gasteiger partial charge on any atom is 0.228 e. The molecule has 0 fully saturated rings. The highest BCUT2D eigenvalue weighted by Crippen LogP contribution is 2.37. The number of benzene rings is 1. The molecule has 0 bridgehead atoms. The minimum atomic E-state index is 0.105. The zero-order chi connectivity index (χ0) is 14.0. The highest BCUT2D eigenvalue weighted by atomic mass is 35.5. The van der Waals surface area contributed by atoms with Gasteiger partial charge in [0.25, 0.3) is 0 Å². The summed E-state index contributed by atoms with van der Waals surface area (Å²) in [6, 6.07) is 2.96. The van der Waals surface area contributed by atoms with E-state index in [9.17, 15) is 0 Å². The van der Waals surface area contributed by atoms with E-state index in [1.54, 1.807) is 0 Å². The molecule has 0 amide bonds. The van der Waals surface area contributed by atoms with E-state index < -0.39 is 0 Å². The van der Waals surface area contributed by atoms with Crippen molar-refractivity contribution in [3.63, 3.8) is 0 Å². The van der Waals surface area contributed by atoms with Gasteiger partial charge < -0.3 is 4.74 Å². The second-order valence-electron chi connectivity index (χ2n) is 3.38. The lowest BCUT2D eigenvalue weighted by atomic mass is 10.3. The zero-order valence-corrected chi connectivity index (χ0v) is 12.9. The molecule has 2 rings (SSSR count). The number of ether oxygens (including phenoxy) is 1. The van der Waals surface area contributed by atoms with Crippen LogP contribution in [0.5, 0.6) is 11.6 Å². The van der Waals surface area contributed by atoms with Gasteiger partial charge in [-0.05, 0) is 6.07 Å². The summed E-state index contributed by atoms with van der Waals surface area (Å²) in [4.78, 5) is 7.78. The molecule has 0 atom stereocenters. The molecule has 1 aromatic carbocycles. The van der Waals surface area contributed by atoms with Crippen LogP contribution in [0.25, 0.3) is 0 Å². The van der Waals surface area contributed by atoms with Crippen LogP contribution in [-0.2, 0) is 5.88 Å². The van der Waals surface area contributed by atoms with Crippen molar-refractivity contribution in [3.05, 3.63) is 44.2 Å². The van der Waals surface area contributed by atoms with Crippen LogP contribution >= 0.6 is 58.0 Å². The normalized spacial score (nSPS) is 10.6. The standard InChI is InChI=1S/C11H5Cl5N2O/c12-3-5-10(16)17-4-18-11(5)19-9-2-7(14)6(13)1-8(9)15/h1-2,4H,3H2. The smallest absolute Gasteiger partial charge is 0.228 e. The average Bonchev–Trinajstić information content (AvgIpc) is 2.36. The molecule has 0 N–H and O–H groups in total. The second kappa shape index (κ2) is 6.33. The molecule has 1 heterocycles. The van der Waals surface area contributed by atoms with E-state index in [4.69, 9.17) is 62.7 Å². The summed E-state index contributed by atoms with van der Waals surface area (Å²) in [7, 11) is 0. The molecule has 0 radical (unpaired) electrons. The second-order valence-corrected chi connectivity index (χ2v) is 5.23. The maximum atomic E-state index is 6.01. The molecule has 8 heteroatoms. The van der Waals surface area contributed by atoms with Crippen molar-refractivity contribution in [3.8, 4) is 11.6 Å². The lowest BCUT2D eigenvalue weighted by Gasteiger charge is -2.11. The lowest BCUT2D eigenvalue weighted by Crippen LogP contribution is -1.96. The molecule has 1 aromatic heterocycles. The lowest BCUT2D eigenvalue weighted by molar-refractivity contribution is 0.457. The van der Waals surface area contributed by atoms with E-state index in [0.29, 0.717) is 26.4 Å². The number of alkyl halides is 1. The predicted octanol–water partition coefficient (Wildman–Crippen LogP) is 5.62. The van der Waals surface area contributed by atoms with Crippen molar-refractivity contribution in [1.82, 2.24) is 9.97 Å². The summed E-state index contributed by atoms with van der Waals surface area (Å²) < 4.78 is 5.55. The van der Waals surface area contributed by atoms with Gasteiger partial charge in [-0.15, -0.1) is 11.6 Å². The topological polar surface area (TPSA) is 35.0 Å². The minimum absolute atomic E-state index is 0.105. The van der Waals surface area contributed by atoms with Crippen molar-refractivity contribution in [2.45, 2.75) is 5.88 Å². The Morgan fingerprint density at radius 2 is 1.63 bits per heavy atom. The van der Waals surface area contributed by atoms with Gasteiger partial charge in [0, 0.05) is 6.07 Å². The Kier molecular flexibility index (Phi) is 4.98. The molecule has 0 aliphatic carbocycles. The highest BCUT2D eigenvalue weighted by molar-refractivity contribution is 6.43. The summed E-state index contributed by atoms with van der Waals surface area (Å²) in [5.41, 5.74) is 0.466. The third-order valence-corrected chi connectivity index (χ3v) is 3.78. The SMILES string of the molecule is ClCc1c(Cl)ncnc1Oc1cc(Cl)c(Cl)cc1Cl. The molecule has 0 unspecified atom stereocenters. The van der Waals surface area contributed by atoms with Crippen LogP contribution < -0.4 is 4.74 Å². The van der Waals surface area contributed by atoms with E-state index in [2.05, 4.69) is 9.97 Å². The summed E-state index contributed by atoms with van der Waals surface area (Å²) in [6.45, 7) is 0. The first-order valence-corrected chi connectivity index (χ1v) is 6.95. The van der Waals surface area contributed by atoms with Crippen LogP contribution in [0.15, 0.2) is 18.5 Å². The third-order valence-electron chi connectivity index (χ3n) is 2.17. The summed E-state index contributed by atoms with van der Waals surface area (Å²) >= 11 is 29.4. The molecular formula is C11H5Cl5N2O. The number of rotatable bonds is 3. The molecule has 0 aliphatic heterocycles. The monoisotopic (exact) mass is 356 g/mol. The van der Waals surface area contributed by atoms with E-state index in [0.717, 1.165) is 0 Å². The number of hydrogen-bond acceptors (Lipinski definition) is 3. The molecule has 0 aliphatic rings. The number of halogens is 5. The van der Waals surface area contributed by atoms with Crippen LogP contribution in [0.2, 0.25) is 20.2 Å². The molecule has 2 aromatic rings. The van der Waals surface area contributed by atoms with Gasteiger partial charge in [0.05, 0.1) is 26.5 Å². The van der Waals surface area contributed by atoms with Crippen molar-refractivity contribution >= 4 is 58.0 Å². The quantitative estimate of drug-likeness (QED) is 0.406. The number of aromatic nitrogens is 2. The van der Waals surface area contributed by atoms with Crippen molar-refractivity contribution in [2.75, 3.05) is 0 Å². The number of nitrogens with zero attached hydrogens (tertiary/aromatic N) is 2. The van der Waals surface area contributed by atoms with Crippen LogP contribution in [0.3, 0.4) is 0 Å². The van der Waals surface area contributed by atoms with Crippen molar-refractivity contribution < 1.29 is 4.74 Å². The van der Waals surface area contributed by atoms with Gasteiger partial charge in [0.15, 0.2) is 0 Å². The molecule has 0 spiro atoms. The van der Waals surface area contributed by atoms with E-state index in [1.165, 1.54) is 18.5 Å².